The number of piperidine rings is 1. The van der Waals surface area contributed by atoms with E-state index in [1.807, 2.05) is 42.5 Å². The van der Waals surface area contributed by atoms with Crippen molar-refractivity contribution in [2.24, 2.45) is 5.92 Å². The zero-order chi connectivity index (χ0) is 21.0. The second-order valence-corrected chi connectivity index (χ2v) is 9.59. The summed E-state index contributed by atoms with van der Waals surface area (Å²) in [5, 5.41) is 8.77. The second kappa shape index (κ2) is 8.83. The fourth-order valence-electron chi connectivity index (χ4n) is 3.60. The molecule has 1 N–H and O–H groups in total. The van der Waals surface area contributed by atoms with Gasteiger partial charge in [0.05, 0.1) is 11.4 Å². The Kier molecular flexibility index (Phi) is 5.99. The summed E-state index contributed by atoms with van der Waals surface area (Å²) >= 11 is 0. The van der Waals surface area contributed by atoms with E-state index >= 15 is 0 Å². The maximum Gasteiger partial charge on any atom is 0.236 e. The first-order chi connectivity index (χ1) is 14.5. The van der Waals surface area contributed by atoms with Gasteiger partial charge in [-0.25, -0.2) is 8.42 Å². The van der Waals surface area contributed by atoms with Crippen molar-refractivity contribution in [2.45, 2.75) is 25.5 Å². The van der Waals surface area contributed by atoms with Crippen LogP contribution in [0.2, 0.25) is 0 Å². The van der Waals surface area contributed by atoms with Crippen molar-refractivity contribution in [3.63, 3.8) is 0 Å². The Morgan fingerprint density at radius 1 is 0.933 bits per heavy atom. The van der Waals surface area contributed by atoms with Gasteiger partial charge in [0.25, 0.3) is 0 Å². The van der Waals surface area contributed by atoms with Gasteiger partial charge in [0.2, 0.25) is 10.0 Å². The van der Waals surface area contributed by atoms with Gasteiger partial charge in [-0.2, -0.15) is 0 Å². The Morgan fingerprint density at radius 2 is 1.63 bits per heavy atom. The van der Waals surface area contributed by atoms with Crippen LogP contribution in [0.25, 0.3) is 11.3 Å². The van der Waals surface area contributed by atoms with E-state index in [0.717, 1.165) is 41.6 Å². The molecule has 0 spiro atoms. The van der Waals surface area contributed by atoms with Crippen molar-refractivity contribution in [1.29, 1.82) is 0 Å². The highest BCUT2D eigenvalue weighted by Gasteiger charge is 2.17. The standard InChI is InChI=1S/C23H26N4O2S/c1-18-13-15-27(16-14-18)23-12-11-22(24-25-23)20-7-9-21(10-8-20)26-30(28,29)17-19-5-3-2-4-6-19/h2-12,18,26H,13-17H2,1H3. The maximum absolute atomic E-state index is 12.4. The molecule has 6 nitrogen and oxygen atoms in total. The first-order valence-electron chi connectivity index (χ1n) is 10.2. The molecule has 0 bridgehead atoms. The summed E-state index contributed by atoms with van der Waals surface area (Å²) in [6.07, 6.45) is 2.37. The van der Waals surface area contributed by atoms with E-state index in [4.69, 9.17) is 0 Å². The number of hydrogen-bond donors (Lipinski definition) is 1. The van der Waals surface area contributed by atoms with Crippen molar-refractivity contribution >= 4 is 21.5 Å². The van der Waals surface area contributed by atoms with E-state index < -0.39 is 10.0 Å². The number of sulfonamides is 1. The quantitative estimate of drug-likeness (QED) is 0.640. The third-order valence-electron chi connectivity index (χ3n) is 5.41. The van der Waals surface area contributed by atoms with Gasteiger partial charge in [0.1, 0.15) is 0 Å². The largest absolute Gasteiger partial charge is 0.355 e. The average molecular weight is 423 g/mol. The number of aromatic nitrogens is 2. The smallest absolute Gasteiger partial charge is 0.236 e. The van der Waals surface area contributed by atoms with Crippen LogP contribution in [0.4, 0.5) is 11.5 Å². The molecule has 1 saturated heterocycles. The molecule has 1 aliphatic heterocycles. The van der Waals surface area contributed by atoms with Crippen LogP contribution >= 0.6 is 0 Å². The molecule has 1 fully saturated rings. The van der Waals surface area contributed by atoms with Crippen LogP contribution in [0.5, 0.6) is 0 Å². The van der Waals surface area contributed by atoms with Gasteiger partial charge < -0.3 is 4.90 Å². The molecule has 2 aromatic carbocycles. The molecule has 2 heterocycles. The first-order valence-corrected chi connectivity index (χ1v) is 11.9. The maximum atomic E-state index is 12.4. The lowest BCUT2D eigenvalue weighted by Gasteiger charge is -2.30. The van der Waals surface area contributed by atoms with Crippen molar-refractivity contribution < 1.29 is 8.42 Å². The van der Waals surface area contributed by atoms with Crippen LogP contribution in [0.15, 0.2) is 66.7 Å². The first kappa shape index (κ1) is 20.3. The van der Waals surface area contributed by atoms with Crippen molar-refractivity contribution in [2.75, 3.05) is 22.7 Å². The van der Waals surface area contributed by atoms with Crippen LogP contribution < -0.4 is 9.62 Å². The minimum Gasteiger partial charge on any atom is -0.355 e. The molecule has 30 heavy (non-hydrogen) atoms. The lowest BCUT2D eigenvalue weighted by atomic mass is 9.99. The molecule has 0 saturated carbocycles. The monoisotopic (exact) mass is 422 g/mol. The molecular weight excluding hydrogens is 396 g/mol. The molecule has 0 amide bonds. The summed E-state index contributed by atoms with van der Waals surface area (Å²) in [7, 11) is -3.47. The predicted octanol–water partition coefficient (Wildman–Crippen LogP) is 4.32. The SMILES string of the molecule is CC1CCN(c2ccc(-c3ccc(NS(=O)(=O)Cc4ccccc4)cc3)nn2)CC1. The Labute approximate surface area is 178 Å². The van der Waals surface area contributed by atoms with Crippen molar-refractivity contribution in [3.8, 4) is 11.3 Å². The molecule has 0 atom stereocenters. The van der Waals surface area contributed by atoms with Crippen molar-refractivity contribution in [3.05, 3.63) is 72.3 Å². The third-order valence-corrected chi connectivity index (χ3v) is 6.67. The van der Waals surface area contributed by atoms with Crippen molar-refractivity contribution in [1.82, 2.24) is 10.2 Å². The van der Waals surface area contributed by atoms with Crippen LogP contribution in [-0.2, 0) is 15.8 Å². The van der Waals surface area contributed by atoms with Gasteiger partial charge in [-0.15, -0.1) is 10.2 Å². The van der Waals surface area contributed by atoms with Gasteiger partial charge in [0.15, 0.2) is 5.82 Å². The molecule has 4 rings (SSSR count). The lowest BCUT2D eigenvalue weighted by molar-refractivity contribution is 0.436. The zero-order valence-electron chi connectivity index (χ0n) is 17.0. The Hall–Kier alpha value is -2.93. The minimum atomic E-state index is -3.47. The van der Waals surface area contributed by atoms with Gasteiger partial charge in [-0.05, 0) is 48.6 Å². The Balaban J connectivity index is 1.41. The Morgan fingerprint density at radius 3 is 2.27 bits per heavy atom. The summed E-state index contributed by atoms with van der Waals surface area (Å²) in [4.78, 5) is 2.28. The summed E-state index contributed by atoms with van der Waals surface area (Å²) in [5.41, 5.74) is 2.94. The lowest BCUT2D eigenvalue weighted by Crippen LogP contribution is -2.33. The Bertz CT molecular complexity index is 1060. The van der Waals surface area contributed by atoms with Gasteiger partial charge >= 0.3 is 0 Å². The fraction of sp³-hybridized carbons (Fsp3) is 0.304. The van der Waals surface area contributed by atoms with Gasteiger partial charge in [0, 0.05) is 24.3 Å². The van der Waals surface area contributed by atoms with E-state index in [1.165, 1.54) is 12.8 Å². The van der Waals surface area contributed by atoms with Crippen LogP contribution in [0, 0.1) is 5.92 Å². The molecule has 1 aromatic heterocycles. The highest BCUT2D eigenvalue weighted by atomic mass is 32.2. The van der Waals surface area contributed by atoms with E-state index in [1.54, 1.807) is 24.3 Å². The molecule has 156 valence electrons. The molecule has 0 radical (unpaired) electrons. The van der Waals surface area contributed by atoms with E-state index in [0.29, 0.717) is 5.69 Å². The summed E-state index contributed by atoms with van der Waals surface area (Å²) in [6, 6.07) is 20.3. The van der Waals surface area contributed by atoms with Crippen LogP contribution in [0.1, 0.15) is 25.3 Å². The van der Waals surface area contributed by atoms with Gasteiger partial charge in [-0.3, -0.25) is 4.72 Å². The normalized spacial score (nSPS) is 15.2. The number of hydrogen-bond acceptors (Lipinski definition) is 5. The van der Waals surface area contributed by atoms with E-state index in [2.05, 4.69) is 26.7 Å². The number of rotatable bonds is 6. The van der Waals surface area contributed by atoms with Crippen LogP contribution in [0.3, 0.4) is 0 Å². The van der Waals surface area contributed by atoms with Gasteiger partial charge in [-0.1, -0.05) is 49.4 Å². The summed E-state index contributed by atoms with van der Waals surface area (Å²) < 4.78 is 27.4. The molecular formula is C23H26N4O2S. The summed E-state index contributed by atoms with van der Waals surface area (Å²) in [6.45, 7) is 4.33. The number of nitrogens with one attached hydrogen (secondary N) is 1. The minimum absolute atomic E-state index is 0.0577. The summed E-state index contributed by atoms with van der Waals surface area (Å²) in [5.74, 6) is 1.63. The number of nitrogens with zero attached hydrogens (tertiary/aromatic N) is 3. The van der Waals surface area contributed by atoms with Crippen LogP contribution in [-0.4, -0.2) is 31.7 Å². The molecule has 1 aliphatic rings. The number of benzene rings is 2. The average Bonchev–Trinajstić information content (AvgIpc) is 2.75. The highest BCUT2D eigenvalue weighted by molar-refractivity contribution is 7.91. The molecule has 3 aromatic rings. The molecule has 7 heteroatoms. The second-order valence-electron chi connectivity index (χ2n) is 7.87. The fourth-order valence-corrected chi connectivity index (χ4v) is 4.80. The van der Waals surface area contributed by atoms with E-state index in [9.17, 15) is 8.42 Å². The third kappa shape index (κ3) is 5.16. The number of anilines is 2. The molecule has 0 aliphatic carbocycles. The van der Waals surface area contributed by atoms with E-state index in [-0.39, 0.29) is 5.75 Å². The molecule has 0 unspecified atom stereocenters. The predicted molar refractivity (Wildman–Crippen MR) is 121 cm³/mol. The highest BCUT2D eigenvalue weighted by Crippen LogP contribution is 2.24. The topological polar surface area (TPSA) is 75.2 Å². The zero-order valence-corrected chi connectivity index (χ0v) is 17.8.